The third-order valence-electron chi connectivity index (χ3n) is 3.35. The van der Waals surface area contributed by atoms with Crippen LogP contribution in [-0.4, -0.2) is 42.8 Å². The molecule has 1 aromatic rings. The maximum Gasteiger partial charge on any atom is 0.234 e. The molecule has 18 heavy (non-hydrogen) atoms. The summed E-state index contributed by atoms with van der Waals surface area (Å²) in [6, 6.07) is 0.533. The first-order valence-electron chi connectivity index (χ1n) is 6.69. The summed E-state index contributed by atoms with van der Waals surface area (Å²) < 4.78 is 5.40. The predicted molar refractivity (Wildman–Crippen MR) is 72.1 cm³/mol. The van der Waals surface area contributed by atoms with Crippen LogP contribution in [0, 0.1) is 0 Å². The molecular formula is C13H22N4O. The number of ether oxygens (including phenoxy) is 1. The zero-order chi connectivity index (χ0) is 12.8. The van der Waals surface area contributed by atoms with Crippen molar-refractivity contribution in [3.8, 4) is 5.88 Å². The lowest BCUT2D eigenvalue weighted by Crippen LogP contribution is -2.33. The summed E-state index contributed by atoms with van der Waals surface area (Å²) in [4.78, 5) is 10.9. The van der Waals surface area contributed by atoms with Crippen molar-refractivity contribution >= 4 is 5.82 Å². The average molecular weight is 250 g/mol. The van der Waals surface area contributed by atoms with Crippen LogP contribution in [-0.2, 0) is 0 Å². The minimum absolute atomic E-state index is 0.533. The van der Waals surface area contributed by atoms with E-state index in [1.165, 1.54) is 12.8 Å². The number of nitrogens with one attached hydrogen (secondary N) is 1. The highest BCUT2D eigenvalue weighted by Crippen LogP contribution is 2.19. The van der Waals surface area contributed by atoms with Gasteiger partial charge in [-0.2, -0.15) is 4.98 Å². The van der Waals surface area contributed by atoms with E-state index in [0.29, 0.717) is 18.5 Å². The Balaban J connectivity index is 2.06. The SMILES string of the molecule is CCOc1cncc(N(C)C2CCCNCC2)n1. The highest BCUT2D eigenvalue weighted by molar-refractivity contribution is 5.37. The summed E-state index contributed by atoms with van der Waals surface area (Å²) in [6.45, 7) is 4.77. The average Bonchev–Trinajstić information content (AvgIpc) is 2.67. The second-order valence-corrected chi connectivity index (χ2v) is 4.59. The van der Waals surface area contributed by atoms with Crippen LogP contribution in [0.1, 0.15) is 26.2 Å². The Morgan fingerprint density at radius 2 is 2.28 bits per heavy atom. The Hall–Kier alpha value is -1.36. The molecule has 5 nitrogen and oxygen atoms in total. The van der Waals surface area contributed by atoms with Crippen LogP contribution >= 0.6 is 0 Å². The number of aromatic nitrogens is 2. The van der Waals surface area contributed by atoms with Crippen molar-refractivity contribution in [1.82, 2.24) is 15.3 Å². The Bertz CT molecular complexity index is 364. The molecule has 5 heteroatoms. The fourth-order valence-electron chi connectivity index (χ4n) is 2.30. The van der Waals surface area contributed by atoms with Gasteiger partial charge in [0.25, 0.3) is 0 Å². The van der Waals surface area contributed by atoms with Crippen molar-refractivity contribution in [3.63, 3.8) is 0 Å². The van der Waals surface area contributed by atoms with E-state index in [1.54, 1.807) is 12.4 Å². The molecule has 0 aromatic carbocycles. The molecule has 1 fully saturated rings. The van der Waals surface area contributed by atoms with Crippen molar-refractivity contribution in [1.29, 1.82) is 0 Å². The summed E-state index contributed by atoms with van der Waals surface area (Å²) in [5.41, 5.74) is 0. The van der Waals surface area contributed by atoms with Gasteiger partial charge in [-0.05, 0) is 39.3 Å². The van der Waals surface area contributed by atoms with Crippen LogP contribution in [0.2, 0.25) is 0 Å². The van der Waals surface area contributed by atoms with Crippen molar-refractivity contribution in [2.75, 3.05) is 31.6 Å². The predicted octanol–water partition coefficient (Wildman–Crippen LogP) is 1.45. The lowest BCUT2D eigenvalue weighted by Gasteiger charge is -2.27. The maximum atomic E-state index is 5.40. The second kappa shape index (κ2) is 6.54. The first-order chi connectivity index (χ1) is 8.81. The van der Waals surface area contributed by atoms with Crippen LogP contribution in [0.25, 0.3) is 0 Å². The van der Waals surface area contributed by atoms with Gasteiger partial charge in [0.15, 0.2) is 5.82 Å². The zero-order valence-corrected chi connectivity index (χ0v) is 11.2. The van der Waals surface area contributed by atoms with Gasteiger partial charge in [0.2, 0.25) is 5.88 Å². The molecular weight excluding hydrogens is 228 g/mol. The van der Waals surface area contributed by atoms with Gasteiger partial charge in [-0.3, -0.25) is 4.98 Å². The Kier molecular flexibility index (Phi) is 4.75. The summed E-state index contributed by atoms with van der Waals surface area (Å²) >= 11 is 0. The number of anilines is 1. The maximum absolute atomic E-state index is 5.40. The van der Waals surface area contributed by atoms with Crippen LogP contribution in [0.4, 0.5) is 5.82 Å². The largest absolute Gasteiger partial charge is 0.477 e. The van der Waals surface area contributed by atoms with Gasteiger partial charge in [0.1, 0.15) is 0 Å². The second-order valence-electron chi connectivity index (χ2n) is 4.59. The fourth-order valence-corrected chi connectivity index (χ4v) is 2.30. The van der Waals surface area contributed by atoms with Crippen LogP contribution in [0.3, 0.4) is 0 Å². The molecule has 0 aliphatic carbocycles. The van der Waals surface area contributed by atoms with E-state index in [9.17, 15) is 0 Å². The van der Waals surface area contributed by atoms with E-state index in [4.69, 9.17) is 4.74 Å². The molecule has 1 N–H and O–H groups in total. The van der Waals surface area contributed by atoms with Crippen LogP contribution in [0.5, 0.6) is 5.88 Å². The van der Waals surface area contributed by atoms with Crippen LogP contribution < -0.4 is 15.0 Å². The molecule has 1 unspecified atom stereocenters. The van der Waals surface area contributed by atoms with E-state index in [2.05, 4.69) is 27.2 Å². The lowest BCUT2D eigenvalue weighted by molar-refractivity contribution is 0.325. The third kappa shape index (κ3) is 3.32. The molecule has 2 heterocycles. The molecule has 0 radical (unpaired) electrons. The van der Waals surface area contributed by atoms with Gasteiger partial charge in [-0.15, -0.1) is 0 Å². The molecule has 0 saturated carbocycles. The van der Waals surface area contributed by atoms with Gasteiger partial charge in [0, 0.05) is 13.1 Å². The van der Waals surface area contributed by atoms with E-state index in [0.717, 1.165) is 25.3 Å². The van der Waals surface area contributed by atoms with Gasteiger partial charge >= 0.3 is 0 Å². The molecule has 1 aliphatic heterocycles. The van der Waals surface area contributed by atoms with Gasteiger partial charge in [-0.1, -0.05) is 0 Å². The Morgan fingerprint density at radius 3 is 3.11 bits per heavy atom. The number of rotatable bonds is 4. The smallest absolute Gasteiger partial charge is 0.234 e. The lowest BCUT2D eigenvalue weighted by atomic mass is 10.1. The highest BCUT2D eigenvalue weighted by atomic mass is 16.5. The Morgan fingerprint density at radius 1 is 1.39 bits per heavy atom. The molecule has 0 amide bonds. The van der Waals surface area contributed by atoms with Crippen molar-refractivity contribution in [3.05, 3.63) is 12.4 Å². The molecule has 1 atom stereocenters. The number of nitrogens with zero attached hydrogens (tertiary/aromatic N) is 3. The highest BCUT2D eigenvalue weighted by Gasteiger charge is 2.18. The number of hydrogen-bond donors (Lipinski definition) is 1. The summed E-state index contributed by atoms with van der Waals surface area (Å²) in [5.74, 6) is 1.50. The molecule has 0 bridgehead atoms. The van der Waals surface area contributed by atoms with Gasteiger partial charge < -0.3 is 15.0 Å². The van der Waals surface area contributed by atoms with E-state index >= 15 is 0 Å². The first kappa shape index (κ1) is 13.1. The molecule has 0 spiro atoms. The summed E-state index contributed by atoms with van der Waals surface area (Å²) in [7, 11) is 2.09. The molecule has 1 saturated heterocycles. The van der Waals surface area contributed by atoms with E-state index in [-0.39, 0.29) is 0 Å². The van der Waals surface area contributed by atoms with Crippen molar-refractivity contribution in [2.24, 2.45) is 0 Å². The molecule has 1 aliphatic rings. The topological polar surface area (TPSA) is 50.3 Å². The van der Waals surface area contributed by atoms with E-state index in [1.807, 2.05) is 6.92 Å². The Labute approximate surface area is 109 Å². The number of hydrogen-bond acceptors (Lipinski definition) is 5. The van der Waals surface area contributed by atoms with Crippen LogP contribution in [0.15, 0.2) is 12.4 Å². The fraction of sp³-hybridized carbons (Fsp3) is 0.692. The summed E-state index contributed by atoms with van der Waals surface area (Å²) in [6.07, 6.45) is 7.03. The summed E-state index contributed by atoms with van der Waals surface area (Å²) in [5, 5.41) is 3.43. The quantitative estimate of drug-likeness (QED) is 0.876. The first-order valence-corrected chi connectivity index (χ1v) is 6.69. The van der Waals surface area contributed by atoms with Crippen molar-refractivity contribution in [2.45, 2.75) is 32.2 Å². The van der Waals surface area contributed by atoms with Gasteiger partial charge in [0.05, 0.1) is 19.0 Å². The zero-order valence-electron chi connectivity index (χ0n) is 11.2. The van der Waals surface area contributed by atoms with Gasteiger partial charge in [-0.25, -0.2) is 0 Å². The molecule has 100 valence electrons. The molecule has 2 rings (SSSR count). The normalized spacial score (nSPS) is 20.2. The van der Waals surface area contributed by atoms with Crippen molar-refractivity contribution < 1.29 is 4.74 Å². The minimum Gasteiger partial charge on any atom is -0.477 e. The monoisotopic (exact) mass is 250 g/mol. The minimum atomic E-state index is 0.533. The third-order valence-corrected chi connectivity index (χ3v) is 3.35. The standard InChI is InChI=1S/C13H22N4O/c1-3-18-13-10-15-9-12(16-13)17(2)11-5-4-7-14-8-6-11/h9-11,14H,3-8H2,1-2H3. The van der Waals surface area contributed by atoms with E-state index < -0.39 is 0 Å². The molecule has 1 aromatic heterocycles.